The van der Waals surface area contributed by atoms with Crippen molar-refractivity contribution in [2.45, 2.75) is 51.7 Å². The van der Waals surface area contributed by atoms with E-state index in [2.05, 4.69) is 17.1 Å². The zero-order valence-electron chi connectivity index (χ0n) is 12.4. The Kier molecular flexibility index (Phi) is 5.01. The molecule has 20 heavy (non-hydrogen) atoms. The number of hydrogen-bond acceptors (Lipinski definition) is 3. The summed E-state index contributed by atoms with van der Waals surface area (Å²) in [6.07, 6.45) is 3.33. The standard InChI is InChI=1S/C16H25N3O/c1-3-12(2)18-16(20)11-19(14-8-9-14)10-13-6-4-5-7-15(13)17/h4-7,12,14H,3,8-11,17H2,1-2H3,(H,18,20). The van der Waals surface area contributed by atoms with Gasteiger partial charge in [0.05, 0.1) is 6.54 Å². The van der Waals surface area contributed by atoms with Crippen LogP contribution in [0.2, 0.25) is 0 Å². The van der Waals surface area contributed by atoms with Crippen LogP contribution >= 0.6 is 0 Å². The maximum absolute atomic E-state index is 12.0. The molecule has 0 heterocycles. The van der Waals surface area contributed by atoms with E-state index in [9.17, 15) is 4.79 Å². The highest BCUT2D eigenvalue weighted by molar-refractivity contribution is 5.78. The molecule has 1 atom stereocenters. The molecular weight excluding hydrogens is 250 g/mol. The molecule has 2 rings (SSSR count). The summed E-state index contributed by atoms with van der Waals surface area (Å²) >= 11 is 0. The van der Waals surface area contributed by atoms with E-state index >= 15 is 0 Å². The number of carbonyl (C=O) groups excluding carboxylic acids is 1. The van der Waals surface area contributed by atoms with E-state index in [1.54, 1.807) is 0 Å². The van der Waals surface area contributed by atoms with Gasteiger partial charge in [-0.25, -0.2) is 0 Å². The average molecular weight is 275 g/mol. The highest BCUT2D eigenvalue weighted by Crippen LogP contribution is 2.28. The topological polar surface area (TPSA) is 58.4 Å². The summed E-state index contributed by atoms with van der Waals surface area (Å²) in [6, 6.07) is 8.67. The first-order chi connectivity index (χ1) is 9.60. The van der Waals surface area contributed by atoms with Crippen molar-refractivity contribution >= 4 is 11.6 Å². The van der Waals surface area contributed by atoms with Gasteiger partial charge in [-0.05, 0) is 37.8 Å². The normalized spacial score (nSPS) is 16.1. The minimum atomic E-state index is 0.112. The summed E-state index contributed by atoms with van der Waals surface area (Å²) in [5, 5.41) is 3.03. The number of anilines is 1. The molecule has 1 unspecified atom stereocenters. The van der Waals surface area contributed by atoms with E-state index in [0.29, 0.717) is 12.6 Å². The number of nitrogen functional groups attached to an aromatic ring is 1. The van der Waals surface area contributed by atoms with Crippen LogP contribution in [0.1, 0.15) is 38.7 Å². The van der Waals surface area contributed by atoms with Crippen molar-refractivity contribution in [3.63, 3.8) is 0 Å². The molecule has 0 bridgehead atoms. The van der Waals surface area contributed by atoms with Crippen LogP contribution in [-0.4, -0.2) is 29.4 Å². The Morgan fingerprint density at radius 3 is 2.75 bits per heavy atom. The number of nitrogens with one attached hydrogen (secondary N) is 1. The number of nitrogens with zero attached hydrogens (tertiary/aromatic N) is 1. The van der Waals surface area contributed by atoms with Gasteiger partial charge in [-0.2, -0.15) is 0 Å². The highest BCUT2D eigenvalue weighted by atomic mass is 16.2. The van der Waals surface area contributed by atoms with Gasteiger partial charge >= 0.3 is 0 Å². The summed E-state index contributed by atoms with van der Waals surface area (Å²) in [5.74, 6) is 0.112. The van der Waals surface area contributed by atoms with Gasteiger partial charge in [0.2, 0.25) is 5.91 Å². The van der Waals surface area contributed by atoms with Gasteiger partial charge in [-0.15, -0.1) is 0 Å². The first kappa shape index (κ1) is 14.9. The summed E-state index contributed by atoms with van der Waals surface area (Å²) in [6.45, 7) is 5.33. The molecule has 1 fully saturated rings. The van der Waals surface area contributed by atoms with Crippen LogP contribution in [0.4, 0.5) is 5.69 Å². The Labute approximate surface area is 121 Å². The zero-order valence-corrected chi connectivity index (χ0v) is 12.4. The van der Waals surface area contributed by atoms with Crippen LogP contribution in [-0.2, 0) is 11.3 Å². The van der Waals surface area contributed by atoms with E-state index in [-0.39, 0.29) is 11.9 Å². The molecule has 1 aliphatic rings. The maximum Gasteiger partial charge on any atom is 0.234 e. The smallest absolute Gasteiger partial charge is 0.234 e. The fourth-order valence-corrected chi connectivity index (χ4v) is 2.26. The van der Waals surface area contributed by atoms with Crippen LogP contribution in [0.25, 0.3) is 0 Å². The van der Waals surface area contributed by atoms with Crippen molar-refractivity contribution in [2.75, 3.05) is 12.3 Å². The van der Waals surface area contributed by atoms with E-state index in [1.165, 1.54) is 12.8 Å². The van der Waals surface area contributed by atoms with Gasteiger partial charge < -0.3 is 11.1 Å². The van der Waals surface area contributed by atoms with Gasteiger partial charge in [0.25, 0.3) is 0 Å². The van der Waals surface area contributed by atoms with Crippen molar-refractivity contribution in [3.8, 4) is 0 Å². The van der Waals surface area contributed by atoms with Gasteiger partial charge in [-0.1, -0.05) is 25.1 Å². The summed E-state index contributed by atoms with van der Waals surface area (Å²) in [7, 11) is 0. The number of hydrogen-bond donors (Lipinski definition) is 2. The summed E-state index contributed by atoms with van der Waals surface area (Å²) < 4.78 is 0. The Morgan fingerprint density at radius 1 is 1.45 bits per heavy atom. The van der Waals surface area contributed by atoms with Crippen LogP contribution in [0.15, 0.2) is 24.3 Å². The minimum Gasteiger partial charge on any atom is -0.398 e. The second-order valence-corrected chi connectivity index (χ2v) is 5.71. The fourth-order valence-electron chi connectivity index (χ4n) is 2.26. The Balaban J connectivity index is 1.94. The van der Waals surface area contributed by atoms with Crippen molar-refractivity contribution in [2.24, 2.45) is 0 Å². The second-order valence-electron chi connectivity index (χ2n) is 5.71. The van der Waals surface area contributed by atoms with Gasteiger partial charge in [0, 0.05) is 24.3 Å². The minimum absolute atomic E-state index is 0.112. The number of nitrogens with two attached hydrogens (primary N) is 1. The molecular formula is C16H25N3O. The third kappa shape index (κ3) is 4.23. The van der Waals surface area contributed by atoms with Crippen LogP contribution < -0.4 is 11.1 Å². The molecule has 0 aromatic heterocycles. The van der Waals surface area contributed by atoms with Gasteiger partial charge in [0.15, 0.2) is 0 Å². The fraction of sp³-hybridized carbons (Fsp3) is 0.562. The van der Waals surface area contributed by atoms with Crippen molar-refractivity contribution in [1.82, 2.24) is 10.2 Å². The van der Waals surface area contributed by atoms with Crippen LogP contribution in [0, 0.1) is 0 Å². The SMILES string of the molecule is CCC(C)NC(=O)CN(Cc1ccccc1N)C1CC1. The number of benzene rings is 1. The molecule has 1 aromatic rings. The maximum atomic E-state index is 12.0. The lowest BCUT2D eigenvalue weighted by atomic mass is 10.1. The molecule has 1 amide bonds. The molecule has 1 aromatic carbocycles. The van der Waals surface area contributed by atoms with E-state index in [1.807, 2.05) is 31.2 Å². The quantitative estimate of drug-likeness (QED) is 0.750. The van der Waals surface area contributed by atoms with Gasteiger partial charge in [0.1, 0.15) is 0 Å². The van der Waals surface area contributed by atoms with Crippen LogP contribution in [0.3, 0.4) is 0 Å². The summed E-state index contributed by atoms with van der Waals surface area (Å²) in [5.41, 5.74) is 7.91. The predicted octanol–water partition coefficient (Wildman–Crippen LogP) is 2.15. The lowest BCUT2D eigenvalue weighted by Gasteiger charge is -2.23. The van der Waals surface area contributed by atoms with E-state index < -0.39 is 0 Å². The van der Waals surface area contributed by atoms with Gasteiger partial charge in [-0.3, -0.25) is 9.69 Å². The first-order valence-electron chi connectivity index (χ1n) is 7.47. The molecule has 1 saturated carbocycles. The largest absolute Gasteiger partial charge is 0.398 e. The number of amides is 1. The van der Waals surface area contributed by atoms with Crippen molar-refractivity contribution < 1.29 is 4.79 Å². The molecule has 4 nitrogen and oxygen atoms in total. The second kappa shape index (κ2) is 6.75. The molecule has 110 valence electrons. The molecule has 4 heteroatoms. The first-order valence-corrected chi connectivity index (χ1v) is 7.47. The molecule has 0 saturated heterocycles. The molecule has 1 aliphatic carbocycles. The number of carbonyl (C=O) groups is 1. The predicted molar refractivity (Wildman–Crippen MR) is 82.2 cm³/mol. The van der Waals surface area contributed by atoms with Crippen molar-refractivity contribution in [3.05, 3.63) is 29.8 Å². The Hall–Kier alpha value is -1.55. The Bertz CT molecular complexity index is 457. The lowest BCUT2D eigenvalue weighted by Crippen LogP contribution is -2.41. The van der Waals surface area contributed by atoms with Crippen molar-refractivity contribution in [1.29, 1.82) is 0 Å². The average Bonchev–Trinajstić information content (AvgIpc) is 3.24. The lowest BCUT2D eigenvalue weighted by molar-refractivity contribution is -0.123. The third-order valence-electron chi connectivity index (χ3n) is 3.86. The van der Waals surface area contributed by atoms with Crippen LogP contribution in [0.5, 0.6) is 0 Å². The monoisotopic (exact) mass is 275 g/mol. The molecule has 0 radical (unpaired) electrons. The van der Waals surface area contributed by atoms with E-state index in [0.717, 1.165) is 24.2 Å². The van der Waals surface area contributed by atoms with E-state index in [4.69, 9.17) is 5.73 Å². The Morgan fingerprint density at radius 2 is 2.15 bits per heavy atom. The molecule has 0 aliphatic heterocycles. The molecule has 3 N–H and O–H groups in total. The zero-order chi connectivity index (χ0) is 14.5. The molecule has 0 spiro atoms. The highest BCUT2D eigenvalue weighted by Gasteiger charge is 2.30. The summed E-state index contributed by atoms with van der Waals surface area (Å²) in [4.78, 5) is 14.3. The number of rotatable bonds is 7. The number of para-hydroxylation sites is 1. The third-order valence-corrected chi connectivity index (χ3v) is 3.86.